The van der Waals surface area contributed by atoms with Crippen molar-refractivity contribution in [2.75, 3.05) is 26.3 Å². The molecule has 0 spiro atoms. The number of alkyl halides is 2. The zero-order valence-corrected chi connectivity index (χ0v) is 16.7. The number of benzene rings is 1. The summed E-state index contributed by atoms with van der Waals surface area (Å²) in [5.41, 5.74) is 3.16. The van der Waals surface area contributed by atoms with E-state index in [4.69, 9.17) is 4.74 Å². The van der Waals surface area contributed by atoms with Crippen molar-refractivity contribution in [3.05, 3.63) is 41.1 Å². The molecule has 2 saturated heterocycles. The van der Waals surface area contributed by atoms with Crippen LogP contribution >= 0.6 is 0 Å². The van der Waals surface area contributed by atoms with E-state index in [2.05, 4.69) is 4.98 Å². The molecule has 2 fully saturated rings. The van der Waals surface area contributed by atoms with Gasteiger partial charge in [-0.25, -0.2) is 8.78 Å². The summed E-state index contributed by atoms with van der Waals surface area (Å²) in [7, 11) is 0. The third-order valence-electron chi connectivity index (χ3n) is 6.58. The smallest absolute Gasteiger partial charge is 0.255 e. The van der Waals surface area contributed by atoms with Crippen molar-refractivity contribution in [3.63, 3.8) is 0 Å². The molecule has 0 aliphatic carbocycles. The number of aliphatic hydroxyl groups excluding tert-OH is 1. The van der Waals surface area contributed by atoms with Gasteiger partial charge in [-0.3, -0.25) is 14.7 Å². The second-order valence-corrected chi connectivity index (χ2v) is 8.52. The van der Waals surface area contributed by atoms with Gasteiger partial charge < -0.3 is 14.7 Å². The van der Waals surface area contributed by atoms with Crippen molar-refractivity contribution in [3.8, 4) is 0 Å². The number of pyridine rings is 1. The quantitative estimate of drug-likeness (QED) is 0.832. The lowest BCUT2D eigenvalue weighted by atomic mass is 9.98. The Bertz CT molecular complexity index is 973. The van der Waals surface area contributed by atoms with Gasteiger partial charge >= 0.3 is 0 Å². The van der Waals surface area contributed by atoms with E-state index in [1.165, 1.54) is 0 Å². The fraction of sp³-hybridized carbons (Fsp3) is 0.545. The zero-order valence-electron chi connectivity index (χ0n) is 16.7. The number of carbonyl (C=O) groups excluding carboxylic acids is 1. The highest BCUT2D eigenvalue weighted by Crippen LogP contribution is 2.35. The highest BCUT2D eigenvalue weighted by Gasteiger charge is 2.39. The number of hydrogen-bond acceptors (Lipinski definition) is 5. The van der Waals surface area contributed by atoms with Crippen molar-refractivity contribution < 1.29 is 23.4 Å². The molecule has 2 aromatic rings. The van der Waals surface area contributed by atoms with E-state index in [-0.39, 0.29) is 24.8 Å². The van der Waals surface area contributed by atoms with Crippen LogP contribution in [-0.4, -0.2) is 70.2 Å². The Kier molecular flexibility index (Phi) is 4.95. The predicted octanol–water partition coefficient (Wildman–Crippen LogP) is 2.57. The SMILES string of the molecule is O=C1c2cc(CN3CCC(F)(F)CC3)c3cccnc3c2CN1[C@H]1COCC[C@@H]1O. The lowest BCUT2D eigenvalue weighted by Gasteiger charge is -2.34. The molecule has 8 heteroatoms. The molecule has 5 rings (SSSR count). The van der Waals surface area contributed by atoms with Gasteiger partial charge in [0.25, 0.3) is 11.8 Å². The number of ether oxygens (including phenoxy) is 1. The number of nitrogens with zero attached hydrogens (tertiary/aromatic N) is 3. The van der Waals surface area contributed by atoms with Crippen LogP contribution in [0.5, 0.6) is 0 Å². The summed E-state index contributed by atoms with van der Waals surface area (Å²) in [6.45, 7) is 2.38. The molecule has 0 unspecified atom stereocenters. The Morgan fingerprint density at radius 1 is 1.30 bits per heavy atom. The van der Waals surface area contributed by atoms with E-state index in [0.29, 0.717) is 51.4 Å². The summed E-state index contributed by atoms with van der Waals surface area (Å²) in [6.07, 6.45) is 1.33. The van der Waals surface area contributed by atoms with Crippen LogP contribution in [-0.2, 0) is 17.8 Å². The molecule has 1 aromatic carbocycles. The van der Waals surface area contributed by atoms with Crippen LogP contribution in [0.25, 0.3) is 10.9 Å². The molecular weight excluding hydrogens is 392 g/mol. The van der Waals surface area contributed by atoms with Crippen LogP contribution in [0, 0.1) is 0 Å². The van der Waals surface area contributed by atoms with Gasteiger partial charge in [0, 0.05) is 68.3 Å². The minimum Gasteiger partial charge on any atom is -0.391 e. The average molecular weight is 417 g/mol. The molecular formula is C22H25F2N3O3. The first-order valence-corrected chi connectivity index (χ1v) is 10.5. The second-order valence-electron chi connectivity index (χ2n) is 8.52. The minimum absolute atomic E-state index is 0.126. The number of hydrogen-bond donors (Lipinski definition) is 1. The molecule has 0 bridgehead atoms. The summed E-state index contributed by atoms with van der Waals surface area (Å²) >= 11 is 0. The van der Waals surface area contributed by atoms with Gasteiger partial charge in [-0.15, -0.1) is 0 Å². The monoisotopic (exact) mass is 417 g/mol. The van der Waals surface area contributed by atoms with E-state index in [0.717, 1.165) is 22.0 Å². The van der Waals surface area contributed by atoms with E-state index in [1.807, 2.05) is 23.1 Å². The number of amides is 1. The average Bonchev–Trinajstić information content (AvgIpc) is 3.07. The molecule has 4 heterocycles. The summed E-state index contributed by atoms with van der Waals surface area (Å²) in [5, 5.41) is 11.3. The van der Waals surface area contributed by atoms with E-state index in [9.17, 15) is 18.7 Å². The second kappa shape index (κ2) is 7.51. The van der Waals surface area contributed by atoms with Crippen LogP contribution in [0.15, 0.2) is 24.4 Å². The lowest BCUT2D eigenvalue weighted by molar-refractivity contribution is -0.0566. The lowest BCUT2D eigenvalue weighted by Crippen LogP contribution is -2.49. The molecule has 0 radical (unpaired) electrons. The third kappa shape index (κ3) is 3.46. The van der Waals surface area contributed by atoms with Crippen LogP contribution in [0.3, 0.4) is 0 Å². The summed E-state index contributed by atoms with van der Waals surface area (Å²) < 4.78 is 32.6. The highest BCUT2D eigenvalue weighted by atomic mass is 19.3. The molecule has 6 nitrogen and oxygen atoms in total. The predicted molar refractivity (Wildman–Crippen MR) is 106 cm³/mol. The standard InChI is InChI=1S/C22H25F2N3O3/c23-22(24)4-7-26(8-5-22)11-14-10-16-17(20-15(14)2-1-6-25-20)12-27(21(16)29)18-13-30-9-3-19(18)28/h1-2,6,10,18-19,28H,3-5,7-9,11-13H2/t18-,19-/m0/s1. The molecule has 1 amide bonds. The number of aromatic nitrogens is 1. The van der Waals surface area contributed by atoms with Gasteiger partial charge in [0.05, 0.1) is 24.3 Å². The summed E-state index contributed by atoms with van der Waals surface area (Å²) in [4.78, 5) is 21.5. The normalized spacial score (nSPS) is 26.9. The number of rotatable bonds is 3. The molecule has 2 atom stereocenters. The van der Waals surface area contributed by atoms with E-state index < -0.39 is 12.0 Å². The third-order valence-corrected chi connectivity index (χ3v) is 6.58. The maximum atomic E-state index is 13.5. The first-order chi connectivity index (χ1) is 14.4. The number of carbonyl (C=O) groups is 1. The van der Waals surface area contributed by atoms with Crippen LogP contribution < -0.4 is 0 Å². The van der Waals surface area contributed by atoms with Gasteiger partial charge in [0.15, 0.2) is 0 Å². The first-order valence-electron chi connectivity index (χ1n) is 10.5. The minimum atomic E-state index is -2.59. The molecule has 1 N–H and O–H groups in total. The Morgan fingerprint density at radius 2 is 2.10 bits per heavy atom. The maximum Gasteiger partial charge on any atom is 0.255 e. The summed E-state index contributed by atoms with van der Waals surface area (Å²) in [5.74, 6) is -2.71. The maximum absolute atomic E-state index is 13.5. The van der Waals surface area contributed by atoms with Crippen LogP contribution in [0.2, 0.25) is 0 Å². The van der Waals surface area contributed by atoms with Gasteiger partial charge in [0.1, 0.15) is 0 Å². The van der Waals surface area contributed by atoms with Gasteiger partial charge in [-0.2, -0.15) is 0 Å². The number of piperidine rings is 1. The fourth-order valence-electron chi connectivity index (χ4n) is 4.81. The molecule has 160 valence electrons. The van der Waals surface area contributed by atoms with Gasteiger partial charge in [0.2, 0.25) is 0 Å². The molecule has 0 saturated carbocycles. The van der Waals surface area contributed by atoms with Crippen molar-refractivity contribution >= 4 is 16.8 Å². The van der Waals surface area contributed by atoms with Crippen molar-refractivity contribution in [2.24, 2.45) is 0 Å². The summed E-state index contributed by atoms with van der Waals surface area (Å²) in [6, 6.07) is 5.35. The van der Waals surface area contributed by atoms with Crippen LogP contribution in [0.4, 0.5) is 8.78 Å². The Morgan fingerprint density at radius 3 is 2.87 bits per heavy atom. The molecule has 30 heavy (non-hydrogen) atoms. The fourth-order valence-corrected chi connectivity index (χ4v) is 4.81. The highest BCUT2D eigenvalue weighted by molar-refractivity contribution is 6.04. The zero-order chi connectivity index (χ0) is 20.9. The van der Waals surface area contributed by atoms with Crippen molar-refractivity contribution in [2.45, 2.75) is 50.4 Å². The topological polar surface area (TPSA) is 65.9 Å². The molecule has 3 aliphatic rings. The first kappa shape index (κ1) is 19.8. The van der Waals surface area contributed by atoms with E-state index in [1.54, 1.807) is 11.1 Å². The van der Waals surface area contributed by atoms with Crippen molar-refractivity contribution in [1.29, 1.82) is 0 Å². The molecule has 3 aliphatic heterocycles. The van der Waals surface area contributed by atoms with E-state index >= 15 is 0 Å². The van der Waals surface area contributed by atoms with Gasteiger partial charge in [-0.1, -0.05) is 6.07 Å². The number of likely N-dealkylation sites (tertiary alicyclic amines) is 1. The Hall–Kier alpha value is -2.16. The number of aliphatic hydroxyl groups is 1. The Balaban J connectivity index is 1.47. The Labute approximate surface area is 173 Å². The van der Waals surface area contributed by atoms with Crippen LogP contribution in [0.1, 0.15) is 40.7 Å². The van der Waals surface area contributed by atoms with Crippen molar-refractivity contribution in [1.82, 2.24) is 14.8 Å². The van der Waals surface area contributed by atoms with Gasteiger partial charge in [-0.05, 0) is 24.1 Å². The largest absolute Gasteiger partial charge is 0.391 e. The number of fused-ring (bicyclic) bond motifs is 3. The molecule has 1 aromatic heterocycles. The number of halogens is 2.